The van der Waals surface area contributed by atoms with Crippen LogP contribution in [-0.2, 0) is 5.54 Å². The lowest BCUT2D eigenvalue weighted by atomic mass is 9.96. The summed E-state index contributed by atoms with van der Waals surface area (Å²) in [6.45, 7) is 0.660. The van der Waals surface area contributed by atoms with Gasteiger partial charge in [0.2, 0.25) is 5.82 Å². The van der Waals surface area contributed by atoms with Crippen molar-refractivity contribution >= 4 is 5.91 Å². The number of alkyl halides is 2. The van der Waals surface area contributed by atoms with E-state index < -0.39 is 17.5 Å². The molecule has 0 radical (unpaired) electrons. The smallest absolute Gasteiger partial charge is 0.394 e. The summed E-state index contributed by atoms with van der Waals surface area (Å²) in [4.78, 5) is 17.2. The molecule has 0 saturated heterocycles. The van der Waals surface area contributed by atoms with E-state index in [9.17, 15) is 18.0 Å². The molecule has 1 aromatic heterocycles. The first-order chi connectivity index (χ1) is 14.7. The Hall–Kier alpha value is -3.36. The summed E-state index contributed by atoms with van der Waals surface area (Å²) in [5.74, 6) is -0.224. The summed E-state index contributed by atoms with van der Waals surface area (Å²) in [6.07, 6.45) is -0.282. The second-order valence-corrected chi connectivity index (χ2v) is 7.61. The Bertz CT molecular complexity index is 1050. The fourth-order valence-electron chi connectivity index (χ4n) is 3.68. The van der Waals surface area contributed by atoms with Crippen LogP contribution in [0.3, 0.4) is 0 Å². The minimum Gasteiger partial charge on any atom is -0.433 e. The second kappa shape index (κ2) is 8.05. The Kier molecular flexibility index (Phi) is 5.43. The van der Waals surface area contributed by atoms with Crippen LogP contribution in [0, 0.1) is 5.82 Å². The summed E-state index contributed by atoms with van der Waals surface area (Å²) >= 11 is 0. The van der Waals surface area contributed by atoms with Crippen LogP contribution in [0.5, 0.6) is 5.75 Å². The molecule has 1 aliphatic rings. The van der Waals surface area contributed by atoms with Gasteiger partial charge in [0.05, 0.1) is 0 Å². The highest BCUT2D eigenvalue weighted by molar-refractivity contribution is 5.94. The lowest BCUT2D eigenvalue weighted by molar-refractivity contribution is -0.158. The molecule has 6 nitrogen and oxygen atoms in total. The van der Waals surface area contributed by atoms with Crippen LogP contribution in [0.25, 0.3) is 11.4 Å². The molecule has 0 unspecified atom stereocenters. The number of nitrogens with one attached hydrogen (secondary N) is 1. The number of hydrogen-bond donors (Lipinski definition) is 1. The first-order valence-electron chi connectivity index (χ1n) is 9.84. The third-order valence-electron chi connectivity index (χ3n) is 5.16. The molecule has 1 aliphatic carbocycles. The van der Waals surface area contributed by atoms with Crippen molar-refractivity contribution in [2.75, 3.05) is 0 Å². The van der Waals surface area contributed by atoms with E-state index >= 15 is 0 Å². The van der Waals surface area contributed by atoms with Crippen molar-refractivity contribution < 1.29 is 27.2 Å². The Balaban J connectivity index is 1.55. The summed E-state index contributed by atoms with van der Waals surface area (Å²) in [5, 5.41) is 6.98. The van der Waals surface area contributed by atoms with Gasteiger partial charge in [0, 0.05) is 18.1 Å². The minimum absolute atomic E-state index is 0.0128. The molecule has 0 bridgehead atoms. The van der Waals surface area contributed by atoms with E-state index in [-0.39, 0.29) is 23.4 Å². The van der Waals surface area contributed by atoms with Crippen LogP contribution in [0.4, 0.5) is 13.2 Å². The fraction of sp³-hybridized carbons (Fsp3) is 0.318. The van der Waals surface area contributed by atoms with Gasteiger partial charge in [-0.05, 0) is 61.4 Å². The van der Waals surface area contributed by atoms with E-state index in [1.807, 2.05) is 0 Å². The lowest BCUT2D eigenvalue weighted by Gasteiger charge is -2.26. The number of rotatable bonds is 6. The number of nitrogens with zero attached hydrogens (tertiary/aromatic N) is 2. The maximum atomic E-state index is 13.2. The maximum absolute atomic E-state index is 13.2. The zero-order valence-corrected chi connectivity index (χ0v) is 16.7. The van der Waals surface area contributed by atoms with Gasteiger partial charge in [-0.3, -0.25) is 4.79 Å². The largest absolute Gasteiger partial charge is 0.433 e. The molecule has 162 valence electrons. The van der Waals surface area contributed by atoms with Gasteiger partial charge in [-0.2, -0.15) is 13.8 Å². The highest BCUT2D eigenvalue weighted by atomic mass is 19.3. The number of benzene rings is 2. The predicted octanol–water partition coefficient (Wildman–Crippen LogP) is 5.07. The van der Waals surface area contributed by atoms with Crippen LogP contribution in [0.15, 0.2) is 53.1 Å². The highest BCUT2D eigenvalue weighted by Crippen LogP contribution is 2.39. The average molecular weight is 431 g/mol. The summed E-state index contributed by atoms with van der Waals surface area (Å²) < 4.78 is 49.1. The average Bonchev–Trinajstić information content (AvgIpc) is 3.38. The number of hydrogen-bond acceptors (Lipinski definition) is 5. The van der Waals surface area contributed by atoms with Gasteiger partial charge in [-0.25, -0.2) is 4.39 Å². The monoisotopic (exact) mass is 431 g/mol. The summed E-state index contributed by atoms with van der Waals surface area (Å²) in [7, 11) is 0. The van der Waals surface area contributed by atoms with Crippen LogP contribution < -0.4 is 10.1 Å². The molecule has 0 spiro atoms. The second-order valence-electron chi connectivity index (χ2n) is 7.61. The van der Waals surface area contributed by atoms with E-state index in [1.54, 1.807) is 12.1 Å². The Labute approximate surface area is 176 Å². The maximum Gasteiger partial charge on any atom is 0.394 e. The van der Waals surface area contributed by atoms with E-state index in [0.717, 1.165) is 12.8 Å². The van der Waals surface area contributed by atoms with Gasteiger partial charge in [0.15, 0.2) is 0 Å². The van der Waals surface area contributed by atoms with Crippen LogP contribution in [-0.4, -0.2) is 22.2 Å². The zero-order chi connectivity index (χ0) is 22.1. The molecule has 1 N–H and O–H groups in total. The molecule has 9 heteroatoms. The van der Waals surface area contributed by atoms with Crippen molar-refractivity contribution in [1.29, 1.82) is 0 Å². The number of carbonyl (C=O) groups is 1. The number of ether oxygens (including phenoxy) is 1. The molecule has 2 aromatic carbocycles. The van der Waals surface area contributed by atoms with E-state index in [2.05, 4.69) is 20.2 Å². The molecule has 1 fully saturated rings. The topological polar surface area (TPSA) is 77.3 Å². The van der Waals surface area contributed by atoms with Gasteiger partial charge in [-0.1, -0.05) is 18.0 Å². The minimum atomic E-state index is -3.28. The van der Waals surface area contributed by atoms with Gasteiger partial charge in [-0.15, -0.1) is 0 Å². The molecule has 3 aromatic rings. The standard InChI is InChI=1S/C22H20F3N3O3/c1-21(24,25)30-17-10-6-14(7-11-17)18-26-20(31-28-18)22(12-2-3-13-22)27-19(29)15-4-8-16(23)9-5-15/h4-11H,2-3,12-13H2,1H3,(H,27,29). The first-order valence-corrected chi connectivity index (χ1v) is 9.84. The van der Waals surface area contributed by atoms with E-state index in [4.69, 9.17) is 4.52 Å². The molecule has 4 rings (SSSR count). The van der Waals surface area contributed by atoms with Crippen LogP contribution in [0.2, 0.25) is 0 Å². The Morgan fingerprint density at radius 2 is 1.74 bits per heavy atom. The van der Waals surface area contributed by atoms with Crippen molar-refractivity contribution in [2.45, 2.75) is 44.3 Å². The van der Waals surface area contributed by atoms with E-state index in [1.165, 1.54) is 36.4 Å². The fourth-order valence-corrected chi connectivity index (χ4v) is 3.68. The normalized spacial score (nSPS) is 15.6. The summed E-state index contributed by atoms with van der Waals surface area (Å²) in [6, 6.07) is 11.2. The van der Waals surface area contributed by atoms with Crippen molar-refractivity contribution in [2.24, 2.45) is 0 Å². The molecular formula is C22H20F3N3O3. The number of aromatic nitrogens is 2. The number of amides is 1. The molecule has 0 atom stereocenters. The van der Waals surface area contributed by atoms with Crippen molar-refractivity contribution in [1.82, 2.24) is 15.5 Å². The lowest BCUT2D eigenvalue weighted by Crippen LogP contribution is -2.44. The SMILES string of the molecule is CC(F)(F)Oc1ccc(-c2noc(C3(NC(=O)c4ccc(F)cc4)CCCC3)n2)cc1. The number of carbonyl (C=O) groups excluding carboxylic acids is 1. The highest BCUT2D eigenvalue weighted by Gasteiger charge is 2.42. The van der Waals surface area contributed by atoms with E-state index in [0.29, 0.717) is 30.9 Å². The molecule has 1 saturated carbocycles. The van der Waals surface area contributed by atoms with Crippen molar-refractivity contribution in [3.8, 4) is 17.1 Å². The van der Waals surface area contributed by atoms with Crippen molar-refractivity contribution in [3.63, 3.8) is 0 Å². The molecule has 0 aliphatic heterocycles. The first kappa shape index (κ1) is 20.9. The van der Waals surface area contributed by atoms with Gasteiger partial charge >= 0.3 is 6.11 Å². The molecular weight excluding hydrogens is 411 g/mol. The zero-order valence-electron chi connectivity index (χ0n) is 16.7. The quantitative estimate of drug-likeness (QED) is 0.590. The Morgan fingerprint density at radius 1 is 1.10 bits per heavy atom. The molecule has 1 heterocycles. The van der Waals surface area contributed by atoms with Crippen LogP contribution >= 0.6 is 0 Å². The van der Waals surface area contributed by atoms with Crippen LogP contribution in [0.1, 0.15) is 48.9 Å². The number of halogens is 3. The predicted molar refractivity (Wildman–Crippen MR) is 105 cm³/mol. The van der Waals surface area contributed by atoms with Crippen molar-refractivity contribution in [3.05, 3.63) is 65.8 Å². The third kappa shape index (κ3) is 4.70. The summed E-state index contributed by atoms with van der Waals surface area (Å²) in [5.41, 5.74) is 0.0693. The van der Waals surface area contributed by atoms with Gasteiger partial charge < -0.3 is 14.6 Å². The third-order valence-corrected chi connectivity index (χ3v) is 5.16. The molecule has 31 heavy (non-hydrogen) atoms. The van der Waals surface area contributed by atoms with Gasteiger partial charge in [0.1, 0.15) is 17.1 Å². The Morgan fingerprint density at radius 3 is 2.35 bits per heavy atom. The molecule has 1 amide bonds. The van der Waals surface area contributed by atoms with Gasteiger partial charge in [0.25, 0.3) is 11.8 Å².